The quantitative estimate of drug-likeness (QED) is 0.326. The topological polar surface area (TPSA) is 49.4 Å². The van der Waals surface area contributed by atoms with Crippen molar-refractivity contribution in [3.05, 3.63) is 30.3 Å². The molecule has 0 aliphatic rings. The van der Waals surface area contributed by atoms with Crippen molar-refractivity contribution in [1.29, 1.82) is 0 Å². The highest BCUT2D eigenvalue weighted by Crippen LogP contribution is 2.18. The maximum absolute atomic E-state index is 12.8. The van der Waals surface area contributed by atoms with E-state index in [9.17, 15) is 8.42 Å². The van der Waals surface area contributed by atoms with Gasteiger partial charge in [-0.1, -0.05) is 96.3 Å². The van der Waals surface area contributed by atoms with Crippen molar-refractivity contribution in [1.82, 2.24) is 4.72 Å². The number of para-hydroxylation sites is 1. The molecule has 1 N–H and O–H groups in total. The van der Waals surface area contributed by atoms with Gasteiger partial charge in [0.05, 0.1) is 5.69 Å². The van der Waals surface area contributed by atoms with E-state index in [-0.39, 0.29) is 0 Å². The summed E-state index contributed by atoms with van der Waals surface area (Å²) >= 11 is 0. The minimum Gasteiger partial charge on any atom is -0.258 e. The normalized spacial score (nSPS) is 11.6. The zero-order chi connectivity index (χ0) is 19.8. The summed E-state index contributed by atoms with van der Waals surface area (Å²) in [5, 5.41) is 0. The highest BCUT2D eigenvalue weighted by molar-refractivity contribution is 7.90. The lowest BCUT2D eigenvalue weighted by atomic mass is 10.1. The number of anilines is 1. The minimum atomic E-state index is -3.49. The molecule has 0 radical (unpaired) electrons. The first-order valence-electron chi connectivity index (χ1n) is 10.9. The van der Waals surface area contributed by atoms with Crippen molar-refractivity contribution in [2.45, 2.75) is 90.9 Å². The average molecular weight is 397 g/mol. The van der Waals surface area contributed by atoms with Gasteiger partial charge < -0.3 is 0 Å². The largest absolute Gasteiger partial charge is 0.301 e. The Bertz CT molecular complexity index is 561. The van der Waals surface area contributed by atoms with Crippen LogP contribution < -0.4 is 9.03 Å². The van der Waals surface area contributed by atoms with Gasteiger partial charge in [0.2, 0.25) is 0 Å². The predicted molar refractivity (Wildman–Crippen MR) is 117 cm³/mol. The molecule has 0 aliphatic carbocycles. The fourth-order valence-electron chi connectivity index (χ4n) is 3.20. The summed E-state index contributed by atoms with van der Waals surface area (Å²) in [6, 6.07) is 9.46. The standard InChI is InChI=1S/C22H40N2O2S/c1-3-5-7-9-11-16-20-23-27(25,26)24(22-18-14-13-15-19-22)21-17-12-10-8-6-4-2/h13-15,18-19,23H,3-12,16-17,20-21H2,1-2H3. The molecule has 1 aromatic rings. The summed E-state index contributed by atoms with van der Waals surface area (Å²) in [6.07, 6.45) is 13.8. The van der Waals surface area contributed by atoms with E-state index in [1.807, 2.05) is 30.3 Å². The molecular formula is C22H40N2O2S. The van der Waals surface area contributed by atoms with E-state index >= 15 is 0 Å². The third kappa shape index (κ3) is 10.7. The van der Waals surface area contributed by atoms with Gasteiger partial charge in [0.1, 0.15) is 0 Å². The maximum Gasteiger partial charge on any atom is 0.301 e. The first-order chi connectivity index (χ1) is 13.1. The molecule has 0 saturated heterocycles. The molecule has 156 valence electrons. The van der Waals surface area contributed by atoms with Crippen LogP contribution >= 0.6 is 0 Å². The van der Waals surface area contributed by atoms with Crippen molar-refractivity contribution in [3.8, 4) is 0 Å². The van der Waals surface area contributed by atoms with Gasteiger partial charge in [-0.3, -0.25) is 4.31 Å². The van der Waals surface area contributed by atoms with Gasteiger partial charge in [0, 0.05) is 13.1 Å². The number of rotatable bonds is 17. The Labute approximate surface area is 167 Å². The molecule has 5 heteroatoms. The minimum absolute atomic E-state index is 0.522. The third-order valence-electron chi connectivity index (χ3n) is 4.86. The van der Waals surface area contributed by atoms with E-state index in [1.54, 1.807) is 4.31 Å². The van der Waals surface area contributed by atoms with Gasteiger partial charge in [-0.2, -0.15) is 13.1 Å². The number of hydrogen-bond acceptors (Lipinski definition) is 2. The molecule has 0 saturated carbocycles. The fraction of sp³-hybridized carbons (Fsp3) is 0.727. The third-order valence-corrected chi connectivity index (χ3v) is 6.41. The SMILES string of the molecule is CCCCCCCCNS(=O)(=O)N(CCCCCCCC)c1ccccc1. The Morgan fingerprint density at radius 3 is 1.85 bits per heavy atom. The van der Waals surface area contributed by atoms with Crippen molar-refractivity contribution >= 4 is 15.9 Å². The molecule has 0 heterocycles. The zero-order valence-electron chi connectivity index (χ0n) is 17.5. The summed E-state index contributed by atoms with van der Waals surface area (Å²) in [5.41, 5.74) is 0.751. The zero-order valence-corrected chi connectivity index (χ0v) is 18.3. The monoisotopic (exact) mass is 396 g/mol. The molecule has 0 amide bonds. The summed E-state index contributed by atoms with van der Waals surface area (Å²) in [6.45, 7) is 5.48. The summed E-state index contributed by atoms with van der Waals surface area (Å²) in [7, 11) is -3.49. The molecule has 0 unspecified atom stereocenters. The average Bonchev–Trinajstić information content (AvgIpc) is 2.67. The van der Waals surface area contributed by atoms with Crippen molar-refractivity contribution in [2.24, 2.45) is 0 Å². The van der Waals surface area contributed by atoms with Crippen LogP contribution in [0.5, 0.6) is 0 Å². The summed E-state index contributed by atoms with van der Waals surface area (Å²) < 4.78 is 30.0. The molecule has 4 nitrogen and oxygen atoms in total. The van der Waals surface area contributed by atoms with Crippen LogP contribution in [0.25, 0.3) is 0 Å². The summed E-state index contributed by atoms with van der Waals surface area (Å²) in [4.78, 5) is 0. The second-order valence-corrected chi connectivity index (χ2v) is 9.02. The lowest BCUT2D eigenvalue weighted by molar-refractivity contribution is 0.558. The van der Waals surface area contributed by atoms with Crippen LogP contribution in [0.4, 0.5) is 5.69 Å². The highest BCUT2D eigenvalue weighted by atomic mass is 32.2. The first-order valence-corrected chi connectivity index (χ1v) is 12.4. The van der Waals surface area contributed by atoms with Crippen LogP contribution in [-0.2, 0) is 10.2 Å². The Morgan fingerprint density at radius 1 is 0.741 bits per heavy atom. The van der Waals surface area contributed by atoms with Crippen LogP contribution in [0.2, 0.25) is 0 Å². The van der Waals surface area contributed by atoms with Gasteiger partial charge >= 0.3 is 10.2 Å². The van der Waals surface area contributed by atoms with Gasteiger partial charge in [-0.05, 0) is 25.0 Å². The molecule has 0 atom stereocenters. The van der Waals surface area contributed by atoms with Crippen LogP contribution in [0.1, 0.15) is 90.9 Å². The maximum atomic E-state index is 12.8. The molecular weight excluding hydrogens is 356 g/mol. The van der Waals surface area contributed by atoms with Gasteiger partial charge in [-0.15, -0.1) is 0 Å². The number of nitrogens with zero attached hydrogens (tertiary/aromatic N) is 1. The lowest BCUT2D eigenvalue weighted by Crippen LogP contribution is -2.41. The molecule has 0 fully saturated rings. The van der Waals surface area contributed by atoms with Crippen LogP contribution in [0, 0.1) is 0 Å². The summed E-state index contributed by atoms with van der Waals surface area (Å²) in [5.74, 6) is 0. The van der Waals surface area contributed by atoms with Gasteiger partial charge in [-0.25, -0.2) is 0 Å². The second-order valence-electron chi connectivity index (χ2n) is 7.34. The van der Waals surface area contributed by atoms with E-state index in [0.717, 1.165) is 31.4 Å². The number of unbranched alkanes of at least 4 members (excludes halogenated alkanes) is 10. The van der Waals surface area contributed by atoms with Crippen molar-refractivity contribution < 1.29 is 8.42 Å². The Hall–Kier alpha value is -1.07. The van der Waals surface area contributed by atoms with Crippen LogP contribution in [-0.4, -0.2) is 21.5 Å². The number of nitrogens with one attached hydrogen (secondary N) is 1. The molecule has 0 aromatic heterocycles. The van der Waals surface area contributed by atoms with Gasteiger partial charge in [0.15, 0.2) is 0 Å². The smallest absolute Gasteiger partial charge is 0.258 e. The first kappa shape index (κ1) is 24.0. The molecule has 0 spiro atoms. The molecule has 27 heavy (non-hydrogen) atoms. The van der Waals surface area contributed by atoms with Crippen LogP contribution in [0.15, 0.2) is 30.3 Å². The van der Waals surface area contributed by atoms with E-state index in [0.29, 0.717) is 13.1 Å². The van der Waals surface area contributed by atoms with Gasteiger partial charge in [0.25, 0.3) is 0 Å². The Balaban J connectivity index is 2.50. The van der Waals surface area contributed by atoms with Crippen molar-refractivity contribution in [3.63, 3.8) is 0 Å². The molecule has 0 aliphatic heterocycles. The van der Waals surface area contributed by atoms with E-state index < -0.39 is 10.2 Å². The molecule has 0 bridgehead atoms. The van der Waals surface area contributed by atoms with E-state index in [4.69, 9.17) is 0 Å². The number of hydrogen-bond donors (Lipinski definition) is 1. The predicted octanol–water partition coefficient (Wildman–Crippen LogP) is 6.05. The number of benzene rings is 1. The van der Waals surface area contributed by atoms with Crippen molar-refractivity contribution in [2.75, 3.05) is 17.4 Å². The Kier molecular flexibility index (Phi) is 13.2. The molecule has 1 rings (SSSR count). The second kappa shape index (κ2) is 14.9. The lowest BCUT2D eigenvalue weighted by Gasteiger charge is -2.24. The van der Waals surface area contributed by atoms with Crippen LogP contribution in [0.3, 0.4) is 0 Å². The van der Waals surface area contributed by atoms with E-state index in [2.05, 4.69) is 18.6 Å². The molecule has 1 aromatic carbocycles. The highest BCUT2D eigenvalue weighted by Gasteiger charge is 2.21. The fourth-order valence-corrected chi connectivity index (χ4v) is 4.53. The Morgan fingerprint density at radius 2 is 1.26 bits per heavy atom. The van der Waals surface area contributed by atoms with E-state index in [1.165, 1.54) is 51.4 Å².